The molecule has 3 atom stereocenters. The first-order valence-electron chi connectivity index (χ1n) is 10.4. The van der Waals surface area contributed by atoms with Crippen molar-refractivity contribution < 1.29 is 19.1 Å². The maximum absolute atomic E-state index is 12.6. The second-order valence-electron chi connectivity index (χ2n) is 8.03. The summed E-state index contributed by atoms with van der Waals surface area (Å²) in [4.78, 5) is 31.0. The Balaban J connectivity index is 1.29. The van der Waals surface area contributed by atoms with Crippen LogP contribution in [-0.4, -0.2) is 53.1 Å². The van der Waals surface area contributed by atoms with E-state index in [0.717, 1.165) is 12.8 Å². The lowest BCUT2D eigenvalue weighted by molar-refractivity contribution is -0.152. The number of ether oxygens (including phenoxy) is 2. The molecule has 1 N–H and O–H groups in total. The number of rotatable bonds is 5. The molecule has 2 aliphatic heterocycles. The molecule has 2 saturated heterocycles. The molecule has 2 aliphatic rings. The monoisotopic (exact) mass is 409 g/mol. The van der Waals surface area contributed by atoms with Gasteiger partial charge in [0.05, 0.1) is 17.5 Å². The molecule has 0 unspecified atom stereocenters. The molecule has 0 saturated carbocycles. The Morgan fingerprint density at radius 1 is 1.23 bits per heavy atom. The molecule has 1 aromatic heterocycles. The van der Waals surface area contributed by atoms with Gasteiger partial charge in [-0.1, -0.05) is 25.1 Å². The van der Waals surface area contributed by atoms with E-state index >= 15 is 0 Å². The number of hydrogen-bond donors (Lipinski definition) is 1. The second kappa shape index (κ2) is 8.83. The number of para-hydroxylation sites is 1. The second-order valence-corrected chi connectivity index (χ2v) is 8.03. The van der Waals surface area contributed by atoms with Gasteiger partial charge in [0.1, 0.15) is 11.9 Å². The number of nitrogens with one attached hydrogen (secondary N) is 1. The standard InChI is InChI=1S/C23H27N3O4/c1-17-15-26(21(27)16-29-19-7-3-2-4-8-19)13-11-23(17)10-9-20(30-23)22(28)25-18-6-5-12-24-14-18/h2-8,12,14,17,20H,9-11,13,15-16H2,1H3,(H,25,28)/t17-,20+,23+/m1/s1. The molecular formula is C23H27N3O4. The van der Waals surface area contributed by atoms with Crippen LogP contribution in [-0.2, 0) is 14.3 Å². The number of piperidine rings is 1. The fraction of sp³-hybridized carbons (Fsp3) is 0.435. The molecule has 7 heteroatoms. The number of amides is 2. The normalized spacial score (nSPS) is 25.8. The molecule has 2 amide bonds. The van der Waals surface area contributed by atoms with E-state index in [9.17, 15) is 9.59 Å². The summed E-state index contributed by atoms with van der Waals surface area (Å²) in [5, 5.41) is 2.87. The Kier molecular flexibility index (Phi) is 5.99. The third kappa shape index (κ3) is 4.46. The van der Waals surface area contributed by atoms with Crippen LogP contribution in [0, 0.1) is 5.92 Å². The molecule has 1 spiro atoms. The predicted molar refractivity (Wildman–Crippen MR) is 112 cm³/mol. The highest BCUT2D eigenvalue weighted by Gasteiger charge is 2.49. The van der Waals surface area contributed by atoms with Gasteiger partial charge in [0, 0.05) is 25.2 Å². The van der Waals surface area contributed by atoms with Crippen molar-refractivity contribution in [2.45, 2.75) is 37.9 Å². The summed E-state index contributed by atoms with van der Waals surface area (Å²) in [5.41, 5.74) is 0.313. The van der Waals surface area contributed by atoms with E-state index in [1.54, 1.807) is 24.5 Å². The Hall–Kier alpha value is -2.93. The van der Waals surface area contributed by atoms with Crippen molar-refractivity contribution in [2.24, 2.45) is 5.92 Å². The minimum Gasteiger partial charge on any atom is -0.484 e. The van der Waals surface area contributed by atoms with Crippen LogP contribution in [0.1, 0.15) is 26.2 Å². The van der Waals surface area contributed by atoms with Crippen LogP contribution < -0.4 is 10.1 Å². The summed E-state index contributed by atoms with van der Waals surface area (Å²) in [6, 6.07) is 12.9. The fourth-order valence-electron chi connectivity index (χ4n) is 4.31. The van der Waals surface area contributed by atoms with Gasteiger partial charge in [-0.15, -0.1) is 0 Å². The van der Waals surface area contributed by atoms with Crippen LogP contribution >= 0.6 is 0 Å². The van der Waals surface area contributed by atoms with Crippen LogP contribution in [0.3, 0.4) is 0 Å². The first-order valence-corrected chi connectivity index (χ1v) is 10.4. The van der Waals surface area contributed by atoms with Crippen molar-refractivity contribution in [1.29, 1.82) is 0 Å². The van der Waals surface area contributed by atoms with E-state index in [2.05, 4.69) is 17.2 Å². The molecule has 7 nitrogen and oxygen atoms in total. The van der Waals surface area contributed by atoms with Crippen molar-refractivity contribution in [2.75, 3.05) is 25.0 Å². The van der Waals surface area contributed by atoms with Gasteiger partial charge in [-0.25, -0.2) is 0 Å². The minimum atomic E-state index is -0.476. The molecule has 0 radical (unpaired) electrons. The summed E-state index contributed by atoms with van der Waals surface area (Å²) in [6.07, 6.45) is 5.03. The first-order chi connectivity index (χ1) is 14.6. The summed E-state index contributed by atoms with van der Waals surface area (Å²) >= 11 is 0. The molecule has 30 heavy (non-hydrogen) atoms. The third-order valence-electron chi connectivity index (χ3n) is 6.08. The third-order valence-corrected chi connectivity index (χ3v) is 6.08. The number of nitrogens with zero attached hydrogens (tertiary/aromatic N) is 2. The van der Waals surface area contributed by atoms with Crippen molar-refractivity contribution >= 4 is 17.5 Å². The number of benzene rings is 1. The number of carbonyl (C=O) groups is 2. The zero-order valence-electron chi connectivity index (χ0n) is 17.1. The fourth-order valence-corrected chi connectivity index (χ4v) is 4.31. The number of anilines is 1. The summed E-state index contributed by atoms with van der Waals surface area (Å²) in [7, 11) is 0. The van der Waals surface area contributed by atoms with Crippen LogP contribution in [0.2, 0.25) is 0 Å². The molecule has 2 fully saturated rings. The van der Waals surface area contributed by atoms with Crippen molar-refractivity contribution in [3.8, 4) is 5.75 Å². The molecular weight excluding hydrogens is 382 g/mol. The highest BCUT2D eigenvalue weighted by Crippen LogP contribution is 2.42. The van der Waals surface area contributed by atoms with Gasteiger partial charge >= 0.3 is 0 Å². The van der Waals surface area contributed by atoms with E-state index in [0.29, 0.717) is 30.9 Å². The van der Waals surface area contributed by atoms with Crippen LogP contribution in [0.4, 0.5) is 5.69 Å². The quantitative estimate of drug-likeness (QED) is 0.821. The summed E-state index contributed by atoms with van der Waals surface area (Å²) < 4.78 is 11.9. The van der Waals surface area contributed by atoms with Gasteiger partial charge < -0.3 is 19.7 Å². The summed E-state index contributed by atoms with van der Waals surface area (Å²) in [5.74, 6) is 0.670. The Labute approximate surface area is 176 Å². The molecule has 158 valence electrons. The van der Waals surface area contributed by atoms with E-state index in [1.807, 2.05) is 35.2 Å². The average Bonchev–Trinajstić information content (AvgIpc) is 3.21. The van der Waals surface area contributed by atoms with Crippen molar-refractivity contribution in [1.82, 2.24) is 9.88 Å². The highest BCUT2D eigenvalue weighted by molar-refractivity contribution is 5.94. The largest absolute Gasteiger partial charge is 0.484 e. The lowest BCUT2D eigenvalue weighted by Gasteiger charge is -2.44. The number of aromatic nitrogens is 1. The lowest BCUT2D eigenvalue weighted by atomic mass is 9.80. The van der Waals surface area contributed by atoms with Gasteiger partial charge in [-0.05, 0) is 43.5 Å². The molecule has 0 aliphatic carbocycles. The SMILES string of the molecule is C[C@@H]1CN(C(=O)COc2ccccc2)CC[C@@]12CC[C@@H](C(=O)Nc1cccnc1)O2. The zero-order chi connectivity index (χ0) is 21.0. The van der Waals surface area contributed by atoms with E-state index < -0.39 is 6.10 Å². The van der Waals surface area contributed by atoms with Crippen LogP contribution in [0.15, 0.2) is 54.9 Å². The predicted octanol–water partition coefficient (Wildman–Crippen LogP) is 2.89. The Morgan fingerprint density at radius 3 is 2.80 bits per heavy atom. The van der Waals surface area contributed by atoms with Gasteiger partial charge in [-0.2, -0.15) is 0 Å². The minimum absolute atomic E-state index is 0.0237. The van der Waals surface area contributed by atoms with Crippen molar-refractivity contribution in [3.05, 3.63) is 54.9 Å². The zero-order valence-corrected chi connectivity index (χ0v) is 17.1. The Morgan fingerprint density at radius 2 is 2.07 bits per heavy atom. The maximum atomic E-state index is 12.6. The molecule has 0 bridgehead atoms. The molecule has 1 aromatic carbocycles. The van der Waals surface area contributed by atoms with Crippen molar-refractivity contribution in [3.63, 3.8) is 0 Å². The highest BCUT2D eigenvalue weighted by atomic mass is 16.5. The average molecular weight is 409 g/mol. The first kappa shape index (κ1) is 20.3. The number of pyridine rings is 1. The Bertz CT molecular complexity index is 877. The van der Waals surface area contributed by atoms with E-state index in [-0.39, 0.29) is 29.9 Å². The van der Waals surface area contributed by atoms with Gasteiger partial charge in [0.15, 0.2) is 6.61 Å². The van der Waals surface area contributed by atoms with E-state index in [1.165, 1.54) is 0 Å². The van der Waals surface area contributed by atoms with E-state index in [4.69, 9.17) is 9.47 Å². The number of hydrogen-bond acceptors (Lipinski definition) is 5. The topological polar surface area (TPSA) is 80.8 Å². The van der Waals surface area contributed by atoms with Gasteiger partial charge in [0.2, 0.25) is 0 Å². The number of likely N-dealkylation sites (tertiary alicyclic amines) is 1. The van der Waals surface area contributed by atoms with Crippen LogP contribution in [0.5, 0.6) is 5.75 Å². The van der Waals surface area contributed by atoms with Crippen LogP contribution in [0.25, 0.3) is 0 Å². The molecule has 4 rings (SSSR count). The molecule has 3 heterocycles. The van der Waals surface area contributed by atoms with Gasteiger partial charge in [-0.3, -0.25) is 14.6 Å². The molecule has 2 aromatic rings. The maximum Gasteiger partial charge on any atom is 0.260 e. The lowest BCUT2D eigenvalue weighted by Crippen LogP contribution is -2.53. The smallest absolute Gasteiger partial charge is 0.260 e. The van der Waals surface area contributed by atoms with Gasteiger partial charge in [0.25, 0.3) is 11.8 Å². The number of carbonyl (C=O) groups excluding carboxylic acids is 2. The summed E-state index contributed by atoms with van der Waals surface area (Å²) in [6.45, 7) is 3.34.